The van der Waals surface area contributed by atoms with Gasteiger partial charge in [-0.05, 0) is 12.1 Å². The molecule has 0 saturated heterocycles. The summed E-state index contributed by atoms with van der Waals surface area (Å²) in [5.41, 5.74) is 10.1. The van der Waals surface area contributed by atoms with Crippen LogP contribution in [0.4, 0.5) is 0 Å². The van der Waals surface area contributed by atoms with Gasteiger partial charge >= 0.3 is 5.97 Å². The molecule has 0 unspecified atom stereocenters. The zero-order chi connectivity index (χ0) is 13.7. The molecule has 0 radical (unpaired) electrons. The molecule has 0 fully saturated rings. The SMILES string of the molecule is NC(=O)CN(CC(N)=O)Cc1ccc(C(=O)O)s1. The molecule has 1 aromatic heterocycles. The van der Waals surface area contributed by atoms with Crippen molar-refractivity contribution < 1.29 is 19.5 Å². The van der Waals surface area contributed by atoms with Crippen LogP contribution >= 0.6 is 11.3 Å². The summed E-state index contributed by atoms with van der Waals surface area (Å²) in [7, 11) is 0. The summed E-state index contributed by atoms with van der Waals surface area (Å²) in [6, 6.07) is 3.10. The minimum Gasteiger partial charge on any atom is -0.477 e. The molecule has 0 spiro atoms. The topological polar surface area (TPSA) is 127 Å². The lowest BCUT2D eigenvalue weighted by Crippen LogP contribution is -2.38. The zero-order valence-corrected chi connectivity index (χ0v) is 10.3. The number of carboxylic acids is 1. The van der Waals surface area contributed by atoms with E-state index in [4.69, 9.17) is 16.6 Å². The van der Waals surface area contributed by atoms with Crippen LogP contribution in [0.25, 0.3) is 0 Å². The zero-order valence-electron chi connectivity index (χ0n) is 9.46. The summed E-state index contributed by atoms with van der Waals surface area (Å²) in [4.78, 5) is 34.7. The van der Waals surface area contributed by atoms with E-state index in [2.05, 4.69) is 0 Å². The van der Waals surface area contributed by atoms with Crippen molar-refractivity contribution in [1.82, 2.24) is 4.90 Å². The molecule has 1 aromatic rings. The molecule has 0 aliphatic rings. The molecule has 2 amide bonds. The fraction of sp³-hybridized carbons (Fsp3) is 0.300. The minimum atomic E-state index is -1.01. The van der Waals surface area contributed by atoms with Gasteiger partial charge in [-0.3, -0.25) is 14.5 Å². The number of amides is 2. The van der Waals surface area contributed by atoms with Crippen molar-refractivity contribution in [2.24, 2.45) is 11.5 Å². The van der Waals surface area contributed by atoms with E-state index < -0.39 is 17.8 Å². The number of nitrogens with zero attached hydrogens (tertiary/aromatic N) is 1. The van der Waals surface area contributed by atoms with Crippen LogP contribution < -0.4 is 11.5 Å². The molecule has 0 saturated carbocycles. The second-order valence-corrected chi connectivity index (χ2v) is 4.82. The number of hydrogen-bond donors (Lipinski definition) is 3. The van der Waals surface area contributed by atoms with Crippen LogP contribution in [0.15, 0.2) is 12.1 Å². The molecule has 1 heterocycles. The molecule has 0 aliphatic carbocycles. The van der Waals surface area contributed by atoms with Gasteiger partial charge in [0, 0.05) is 11.4 Å². The maximum Gasteiger partial charge on any atom is 0.345 e. The highest BCUT2D eigenvalue weighted by Crippen LogP contribution is 2.18. The number of hydrogen-bond acceptors (Lipinski definition) is 5. The number of carboxylic acid groups (broad SMARTS) is 1. The maximum atomic E-state index is 10.8. The van der Waals surface area contributed by atoms with E-state index >= 15 is 0 Å². The number of primary amides is 2. The van der Waals surface area contributed by atoms with Crippen LogP contribution in [0.1, 0.15) is 14.5 Å². The highest BCUT2D eigenvalue weighted by molar-refractivity contribution is 7.13. The number of aromatic carboxylic acids is 1. The van der Waals surface area contributed by atoms with Crippen molar-refractivity contribution in [2.45, 2.75) is 6.54 Å². The van der Waals surface area contributed by atoms with Gasteiger partial charge in [0.25, 0.3) is 0 Å². The smallest absolute Gasteiger partial charge is 0.345 e. The summed E-state index contributed by atoms with van der Waals surface area (Å²) >= 11 is 1.08. The summed E-state index contributed by atoms with van der Waals surface area (Å²) in [6.45, 7) is 0.0380. The second-order valence-electron chi connectivity index (χ2n) is 3.65. The van der Waals surface area contributed by atoms with Crippen LogP contribution in [0.2, 0.25) is 0 Å². The van der Waals surface area contributed by atoms with E-state index in [-0.39, 0.29) is 24.5 Å². The number of rotatable bonds is 7. The van der Waals surface area contributed by atoms with Crippen molar-refractivity contribution in [3.05, 3.63) is 21.9 Å². The molecule has 18 heavy (non-hydrogen) atoms. The fourth-order valence-electron chi connectivity index (χ4n) is 1.41. The lowest BCUT2D eigenvalue weighted by atomic mass is 10.3. The van der Waals surface area contributed by atoms with Gasteiger partial charge in [-0.1, -0.05) is 0 Å². The second kappa shape index (κ2) is 6.12. The Morgan fingerprint density at radius 1 is 1.17 bits per heavy atom. The molecule has 7 nitrogen and oxygen atoms in total. The van der Waals surface area contributed by atoms with E-state index in [0.29, 0.717) is 0 Å². The van der Waals surface area contributed by atoms with Crippen molar-refractivity contribution in [3.8, 4) is 0 Å². The first-order chi connectivity index (χ1) is 8.38. The third-order valence-corrected chi connectivity index (χ3v) is 3.07. The van der Waals surface area contributed by atoms with E-state index in [1.54, 1.807) is 6.07 Å². The number of carbonyl (C=O) groups excluding carboxylic acids is 2. The van der Waals surface area contributed by atoms with Crippen LogP contribution in [-0.2, 0) is 16.1 Å². The summed E-state index contributed by atoms with van der Waals surface area (Å²) in [6.07, 6.45) is 0. The molecule has 0 aromatic carbocycles. The molecular weight excluding hydrogens is 258 g/mol. The first-order valence-corrected chi connectivity index (χ1v) is 5.81. The maximum absolute atomic E-state index is 10.8. The van der Waals surface area contributed by atoms with E-state index in [1.807, 2.05) is 0 Å². The van der Waals surface area contributed by atoms with Gasteiger partial charge in [0.1, 0.15) is 4.88 Å². The molecule has 1 rings (SSSR count). The quantitative estimate of drug-likeness (QED) is 0.599. The van der Waals surface area contributed by atoms with Crippen molar-refractivity contribution >= 4 is 29.1 Å². The first-order valence-electron chi connectivity index (χ1n) is 4.99. The molecule has 0 bridgehead atoms. The Kier molecular flexibility index (Phi) is 4.81. The van der Waals surface area contributed by atoms with E-state index in [0.717, 1.165) is 16.2 Å². The van der Waals surface area contributed by atoms with Crippen molar-refractivity contribution in [3.63, 3.8) is 0 Å². The lowest BCUT2D eigenvalue weighted by Gasteiger charge is -2.17. The summed E-state index contributed by atoms with van der Waals surface area (Å²) < 4.78 is 0. The van der Waals surface area contributed by atoms with Crippen LogP contribution in [0.3, 0.4) is 0 Å². The van der Waals surface area contributed by atoms with Gasteiger partial charge in [0.2, 0.25) is 11.8 Å². The Bertz CT molecular complexity index is 455. The van der Waals surface area contributed by atoms with E-state index in [9.17, 15) is 14.4 Å². The largest absolute Gasteiger partial charge is 0.477 e. The molecule has 98 valence electrons. The van der Waals surface area contributed by atoms with Crippen LogP contribution in [0.5, 0.6) is 0 Å². The Labute approximate surface area is 107 Å². The average molecular weight is 271 g/mol. The Hall–Kier alpha value is -1.93. The van der Waals surface area contributed by atoms with Gasteiger partial charge in [-0.15, -0.1) is 11.3 Å². The summed E-state index contributed by atoms with van der Waals surface area (Å²) in [5.74, 6) is -2.17. The number of thiophene rings is 1. The van der Waals surface area contributed by atoms with Crippen molar-refractivity contribution in [1.29, 1.82) is 0 Å². The lowest BCUT2D eigenvalue weighted by molar-refractivity contribution is -0.122. The highest BCUT2D eigenvalue weighted by atomic mass is 32.1. The highest BCUT2D eigenvalue weighted by Gasteiger charge is 2.14. The monoisotopic (exact) mass is 271 g/mol. The number of nitrogens with two attached hydrogens (primary N) is 2. The predicted molar refractivity (Wildman–Crippen MR) is 64.9 cm³/mol. The van der Waals surface area contributed by atoms with Gasteiger partial charge in [-0.2, -0.15) is 0 Å². The number of carbonyl (C=O) groups is 3. The van der Waals surface area contributed by atoms with Crippen molar-refractivity contribution in [2.75, 3.05) is 13.1 Å². The fourth-order valence-corrected chi connectivity index (χ4v) is 2.30. The third kappa shape index (κ3) is 4.52. The normalized spacial score (nSPS) is 10.5. The Morgan fingerprint density at radius 2 is 1.72 bits per heavy atom. The first kappa shape index (κ1) is 14.1. The van der Waals surface area contributed by atoms with Crippen LogP contribution in [-0.4, -0.2) is 40.9 Å². The Morgan fingerprint density at radius 3 is 2.11 bits per heavy atom. The van der Waals surface area contributed by atoms with Gasteiger partial charge < -0.3 is 16.6 Å². The standard InChI is InChI=1S/C10H13N3O4S/c11-8(14)4-13(5-9(12)15)3-6-1-2-7(18-6)10(16)17/h1-2H,3-5H2,(H2,11,14)(H2,12,15)(H,16,17). The third-order valence-electron chi connectivity index (χ3n) is 2.01. The van der Waals surface area contributed by atoms with E-state index in [1.165, 1.54) is 11.0 Å². The molecular formula is C10H13N3O4S. The average Bonchev–Trinajstić information content (AvgIpc) is 2.63. The summed E-state index contributed by atoms with van der Waals surface area (Å²) in [5, 5.41) is 8.77. The molecule has 5 N–H and O–H groups in total. The van der Waals surface area contributed by atoms with Crippen LogP contribution in [0, 0.1) is 0 Å². The predicted octanol–water partition coefficient (Wildman–Crippen LogP) is -0.781. The molecule has 0 aliphatic heterocycles. The molecule has 0 atom stereocenters. The van der Waals surface area contributed by atoms with Gasteiger partial charge in [0.15, 0.2) is 0 Å². The minimum absolute atomic E-state index is 0.108. The van der Waals surface area contributed by atoms with Gasteiger partial charge in [0.05, 0.1) is 13.1 Å². The Balaban J connectivity index is 2.71. The molecule has 8 heteroatoms. The van der Waals surface area contributed by atoms with Gasteiger partial charge in [-0.25, -0.2) is 4.79 Å².